The molecule has 2 N–H and O–H groups in total. The second kappa shape index (κ2) is 8.63. The van der Waals surface area contributed by atoms with E-state index in [1.807, 2.05) is 0 Å². The zero-order valence-electron chi connectivity index (χ0n) is 15.3. The molecule has 28 heavy (non-hydrogen) atoms. The summed E-state index contributed by atoms with van der Waals surface area (Å²) in [4.78, 5) is 27.5. The first-order valence-corrected chi connectivity index (χ1v) is 8.13. The summed E-state index contributed by atoms with van der Waals surface area (Å²) in [7, 11) is 0. The summed E-state index contributed by atoms with van der Waals surface area (Å²) in [5.41, 5.74) is 0.857. The van der Waals surface area contributed by atoms with Crippen molar-refractivity contribution >= 4 is 17.6 Å². The van der Waals surface area contributed by atoms with Crippen LogP contribution in [0.25, 0.3) is 0 Å². The highest BCUT2D eigenvalue weighted by Gasteiger charge is 2.29. The van der Waals surface area contributed by atoms with E-state index in [1.165, 1.54) is 26.1 Å². The van der Waals surface area contributed by atoms with Crippen LogP contribution in [0.5, 0.6) is 5.88 Å². The highest BCUT2D eigenvalue weighted by molar-refractivity contribution is 5.92. The number of amides is 2. The van der Waals surface area contributed by atoms with Gasteiger partial charge in [-0.2, -0.15) is 13.2 Å². The van der Waals surface area contributed by atoms with Crippen LogP contribution in [0.15, 0.2) is 24.4 Å². The van der Waals surface area contributed by atoms with Crippen LogP contribution in [0.4, 0.5) is 19.0 Å². The Morgan fingerprint density at radius 3 is 2.57 bits per heavy atom. The number of halogens is 3. The third-order valence-corrected chi connectivity index (χ3v) is 3.48. The SMILES string of the molecule is CC(=O)Nc1cc(C(C)NC(=O)c2cc(C)c(OCC(F)(F)F)nn2)ccn1. The number of aromatic nitrogens is 3. The van der Waals surface area contributed by atoms with Crippen LogP contribution in [-0.4, -0.2) is 39.8 Å². The number of alkyl halides is 3. The Labute approximate surface area is 158 Å². The van der Waals surface area contributed by atoms with E-state index < -0.39 is 24.7 Å². The van der Waals surface area contributed by atoms with Crippen LogP contribution >= 0.6 is 0 Å². The van der Waals surface area contributed by atoms with Crippen molar-refractivity contribution in [2.75, 3.05) is 11.9 Å². The Hall–Kier alpha value is -3.24. The van der Waals surface area contributed by atoms with Gasteiger partial charge in [0.25, 0.3) is 5.91 Å². The van der Waals surface area contributed by atoms with Crippen LogP contribution in [0.1, 0.15) is 41.5 Å². The zero-order valence-corrected chi connectivity index (χ0v) is 15.3. The van der Waals surface area contributed by atoms with Gasteiger partial charge in [0.05, 0.1) is 6.04 Å². The van der Waals surface area contributed by atoms with Gasteiger partial charge in [-0.1, -0.05) is 0 Å². The van der Waals surface area contributed by atoms with Crippen LogP contribution in [0.3, 0.4) is 0 Å². The molecule has 1 unspecified atom stereocenters. The fourth-order valence-electron chi connectivity index (χ4n) is 2.20. The second-order valence-electron chi connectivity index (χ2n) is 5.97. The summed E-state index contributed by atoms with van der Waals surface area (Å²) >= 11 is 0. The quantitative estimate of drug-likeness (QED) is 0.776. The number of nitrogens with zero attached hydrogens (tertiary/aromatic N) is 3. The maximum absolute atomic E-state index is 12.4. The molecule has 2 amide bonds. The first kappa shape index (κ1) is 21.1. The molecule has 0 fully saturated rings. The minimum Gasteiger partial charge on any atom is -0.467 e. The van der Waals surface area contributed by atoms with Crippen molar-refractivity contribution < 1.29 is 27.5 Å². The van der Waals surface area contributed by atoms with E-state index in [0.717, 1.165) is 0 Å². The third kappa shape index (κ3) is 6.18. The molecule has 2 heterocycles. The molecular formula is C17H18F3N5O3. The van der Waals surface area contributed by atoms with Crippen molar-refractivity contribution in [3.63, 3.8) is 0 Å². The van der Waals surface area contributed by atoms with Crippen molar-refractivity contribution in [3.05, 3.63) is 41.2 Å². The van der Waals surface area contributed by atoms with Crippen molar-refractivity contribution in [2.45, 2.75) is 33.0 Å². The highest BCUT2D eigenvalue weighted by Crippen LogP contribution is 2.20. The Bertz CT molecular complexity index is 873. The van der Waals surface area contributed by atoms with Gasteiger partial charge in [0.15, 0.2) is 12.3 Å². The smallest absolute Gasteiger partial charge is 0.422 e. The fraction of sp³-hybridized carbons (Fsp3) is 0.353. The predicted octanol–water partition coefficient (Wildman–Crippen LogP) is 2.57. The van der Waals surface area contributed by atoms with E-state index in [4.69, 9.17) is 0 Å². The maximum Gasteiger partial charge on any atom is 0.422 e. The summed E-state index contributed by atoms with van der Waals surface area (Å²) in [6.45, 7) is 3.03. The number of hydrogen-bond donors (Lipinski definition) is 2. The van der Waals surface area contributed by atoms with Gasteiger partial charge in [-0.3, -0.25) is 9.59 Å². The molecule has 2 aromatic rings. The summed E-state index contributed by atoms with van der Waals surface area (Å²) in [6, 6.07) is 4.11. The average Bonchev–Trinajstić information content (AvgIpc) is 2.59. The molecule has 2 aromatic heterocycles. The lowest BCUT2D eigenvalue weighted by atomic mass is 10.1. The first-order chi connectivity index (χ1) is 13.0. The Morgan fingerprint density at radius 1 is 1.25 bits per heavy atom. The van der Waals surface area contributed by atoms with Crippen LogP contribution < -0.4 is 15.4 Å². The number of ether oxygens (including phenoxy) is 1. The number of aryl methyl sites for hydroxylation is 1. The normalized spacial score (nSPS) is 12.2. The zero-order chi connectivity index (χ0) is 20.9. The average molecular weight is 397 g/mol. The maximum atomic E-state index is 12.4. The molecule has 1 atom stereocenters. The van der Waals surface area contributed by atoms with Gasteiger partial charge in [0.2, 0.25) is 11.8 Å². The Morgan fingerprint density at radius 2 is 1.96 bits per heavy atom. The van der Waals surface area contributed by atoms with Gasteiger partial charge in [-0.15, -0.1) is 10.2 Å². The van der Waals surface area contributed by atoms with E-state index >= 15 is 0 Å². The monoisotopic (exact) mass is 397 g/mol. The lowest BCUT2D eigenvalue weighted by molar-refractivity contribution is -0.154. The number of rotatable bonds is 6. The number of carbonyl (C=O) groups is 2. The van der Waals surface area contributed by atoms with Crippen molar-refractivity contribution in [1.29, 1.82) is 0 Å². The van der Waals surface area contributed by atoms with Gasteiger partial charge in [-0.05, 0) is 37.6 Å². The molecule has 0 aliphatic carbocycles. The van der Waals surface area contributed by atoms with E-state index in [-0.39, 0.29) is 23.0 Å². The molecule has 0 radical (unpaired) electrons. The van der Waals surface area contributed by atoms with E-state index in [0.29, 0.717) is 11.4 Å². The summed E-state index contributed by atoms with van der Waals surface area (Å²) in [6.07, 6.45) is -3.01. The largest absolute Gasteiger partial charge is 0.467 e. The third-order valence-electron chi connectivity index (χ3n) is 3.48. The molecule has 0 saturated heterocycles. The van der Waals surface area contributed by atoms with Crippen molar-refractivity contribution in [1.82, 2.24) is 20.5 Å². The molecule has 0 bridgehead atoms. The van der Waals surface area contributed by atoms with E-state index in [2.05, 4.69) is 30.6 Å². The fourth-order valence-corrected chi connectivity index (χ4v) is 2.20. The minimum absolute atomic E-state index is 0.0696. The molecule has 11 heteroatoms. The molecule has 0 aliphatic heterocycles. The molecule has 0 spiro atoms. The van der Waals surface area contributed by atoms with Crippen molar-refractivity contribution in [3.8, 4) is 5.88 Å². The number of nitrogens with one attached hydrogen (secondary N) is 2. The Balaban J connectivity index is 2.06. The van der Waals surface area contributed by atoms with Gasteiger partial charge in [0.1, 0.15) is 5.82 Å². The van der Waals surface area contributed by atoms with Crippen LogP contribution in [-0.2, 0) is 4.79 Å². The molecular weight excluding hydrogens is 379 g/mol. The van der Waals surface area contributed by atoms with Crippen LogP contribution in [0.2, 0.25) is 0 Å². The first-order valence-electron chi connectivity index (χ1n) is 8.13. The summed E-state index contributed by atoms with van der Waals surface area (Å²) in [5.74, 6) is -0.799. The molecule has 0 aromatic carbocycles. The van der Waals surface area contributed by atoms with E-state index in [9.17, 15) is 22.8 Å². The molecule has 150 valence electrons. The van der Waals surface area contributed by atoms with E-state index in [1.54, 1.807) is 19.1 Å². The minimum atomic E-state index is -4.50. The van der Waals surface area contributed by atoms with Crippen LogP contribution in [0, 0.1) is 6.92 Å². The number of pyridine rings is 1. The lowest BCUT2D eigenvalue weighted by Gasteiger charge is -2.15. The van der Waals surface area contributed by atoms with Gasteiger partial charge in [-0.25, -0.2) is 4.98 Å². The second-order valence-corrected chi connectivity index (χ2v) is 5.97. The lowest BCUT2D eigenvalue weighted by Crippen LogP contribution is -2.28. The number of anilines is 1. The number of carbonyl (C=O) groups excluding carboxylic acids is 2. The number of hydrogen-bond acceptors (Lipinski definition) is 6. The molecule has 2 rings (SSSR count). The summed E-state index contributed by atoms with van der Waals surface area (Å²) < 4.78 is 41.2. The van der Waals surface area contributed by atoms with Crippen molar-refractivity contribution in [2.24, 2.45) is 0 Å². The molecule has 0 saturated carbocycles. The Kier molecular flexibility index (Phi) is 6.49. The molecule has 0 aliphatic rings. The highest BCUT2D eigenvalue weighted by atomic mass is 19.4. The van der Waals surface area contributed by atoms with Gasteiger partial charge >= 0.3 is 6.18 Å². The summed E-state index contributed by atoms with van der Waals surface area (Å²) in [5, 5.41) is 12.4. The van der Waals surface area contributed by atoms with Gasteiger partial charge < -0.3 is 15.4 Å². The molecule has 8 nitrogen and oxygen atoms in total. The van der Waals surface area contributed by atoms with Gasteiger partial charge in [0, 0.05) is 18.7 Å². The topological polar surface area (TPSA) is 106 Å². The predicted molar refractivity (Wildman–Crippen MR) is 92.7 cm³/mol. The standard InChI is InChI=1S/C17H18F3N5O3/c1-9-6-13(24-25-16(9)28-8-17(18,19)20)15(27)22-10(2)12-4-5-21-14(7-12)23-11(3)26/h4-7,10H,8H2,1-3H3,(H,22,27)(H,21,23,26).